The Morgan fingerprint density at radius 1 is 1.23 bits per heavy atom. The number of benzene rings is 1. The Balaban J connectivity index is 1.58. The molecule has 0 aromatic heterocycles. The smallest absolute Gasteiger partial charge is 0.317 e. The van der Waals surface area contributed by atoms with Crippen molar-refractivity contribution < 1.29 is 4.79 Å². The molecule has 0 radical (unpaired) electrons. The third-order valence-corrected chi connectivity index (χ3v) is 4.62. The summed E-state index contributed by atoms with van der Waals surface area (Å²) in [6, 6.07) is 8.22. The number of nitrogens with one attached hydrogen (secondary N) is 1. The van der Waals surface area contributed by atoms with Crippen molar-refractivity contribution in [1.29, 1.82) is 0 Å². The summed E-state index contributed by atoms with van der Waals surface area (Å²) in [4.78, 5) is 16.8. The lowest BCUT2D eigenvalue weighted by molar-refractivity contribution is 0.184. The van der Waals surface area contributed by atoms with E-state index >= 15 is 0 Å². The first-order valence-corrected chi connectivity index (χ1v) is 8.61. The summed E-state index contributed by atoms with van der Waals surface area (Å²) >= 11 is 5.94. The van der Waals surface area contributed by atoms with E-state index in [9.17, 15) is 4.79 Å². The fourth-order valence-corrected chi connectivity index (χ4v) is 2.95. The molecule has 2 aliphatic rings. The largest absolute Gasteiger partial charge is 0.335 e. The maximum atomic E-state index is 12.4. The number of carbonyl (C=O) groups is 1. The molecule has 1 saturated carbocycles. The molecule has 22 heavy (non-hydrogen) atoms. The van der Waals surface area contributed by atoms with Gasteiger partial charge in [-0.3, -0.25) is 0 Å². The minimum Gasteiger partial charge on any atom is -0.335 e. The van der Waals surface area contributed by atoms with Crippen molar-refractivity contribution in [2.75, 3.05) is 26.2 Å². The third kappa shape index (κ3) is 4.62. The van der Waals surface area contributed by atoms with E-state index in [2.05, 4.69) is 10.2 Å². The van der Waals surface area contributed by atoms with Crippen LogP contribution in [0.5, 0.6) is 0 Å². The molecule has 1 aromatic rings. The first kappa shape index (κ1) is 15.6. The second-order valence-electron chi connectivity index (χ2n) is 6.32. The summed E-state index contributed by atoms with van der Waals surface area (Å²) in [5.74, 6) is 0. The second kappa shape index (κ2) is 7.34. The van der Waals surface area contributed by atoms with Gasteiger partial charge in [-0.05, 0) is 56.5 Å². The van der Waals surface area contributed by atoms with Gasteiger partial charge in [0.25, 0.3) is 0 Å². The van der Waals surface area contributed by atoms with E-state index in [1.54, 1.807) is 0 Å². The highest BCUT2D eigenvalue weighted by molar-refractivity contribution is 6.30. The van der Waals surface area contributed by atoms with Crippen molar-refractivity contribution in [2.45, 2.75) is 38.3 Å². The Labute approximate surface area is 137 Å². The van der Waals surface area contributed by atoms with E-state index < -0.39 is 0 Å². The number of nitrogens with zero attached hydrogens (tertiary/aromatic N) is 2. The van der Waals surface area contributed by atoms with Gasteiger partial charge < -0.3 is 15.1 Å². The number of hydrogen-bond donors (Lipinski definition) is 1. The van der Waals surface area contributed by atoms with Gasteiger partial charge in [-0.2, -0.15) is 0 Å². The Hall–Kier alpha value is -1.26. The minimum absolute atomic E-state index is 0.0663. The number of rotatable bonds is 6. The van der Waals surface area contributed by atoms with Crippen molar-refractivity contribution in [1.82, 2.24) is 15.1 Å². The van der Waals surface area contributed by atoms with Gasteiger partial charge in [0.1, 0.15) is 0 Å². The molecule has 5 heteroatoms. The van der Waals surface area contributed by atoms with Crippen LogP contribution in [-0.4, -0.2) is 48.1 Å². The lowest BCUT2D eigenvalue weighted by atomic mass is 10.2. The molecule has 1 aliphatic heterocycles. The number of halogens is 1. The van der Waals surface area contributed by atoms with E-state index in [-0.39, 0.29) is 6.03 Å². The van der Waals surface area contributed by atoms with Crippen molar-refractivity contribution in [3.05, 3.63) is 34.9 Å². The Morgan fingerprint density at radius 3 is 2.55 bits per heavy atom. The van der Waals surface area contributed by atoms with Crippen LogP contribution in [0.15, 0.2) is 24.3 Å². The van der Waals surface area contributed by atoms with Crippen molar-refractivity contribution in [2.24, 2.45) is 0 Å². The molecule has 1 aromatic carbocycles. The Bertz CT molecular complexity index is 495. The molecule has 2 amide bonds. The normalized spacial score (nSPS) is 18.4. The van der Waals surface area contributed by atoms with Crippen molar-refractivity contribution >= 4 is 17.6 Å². The summed E-state index contributed by atoms with van der Waals surface area (Å²) in [7, 11) is 0. The van der Waals surface area contributed by atoms with Crippen LogP contribution in [0.25, 0.3) is 0 Å². The fourth-order valence-electron chi connectivity index (χ4n) is 2.82. The summed E-state index contributed by atoms with van der Waals surface area (Å²) in [5, 5.41) is 3.83. The number of amides is 2. The molecule has 1 aliphatic carbocycles. The van der Waals surface area contributed by atoms with Crippen LogP contribution < -0.4 is 5.32 Å². The third-order valence-electron chi connectivity index (χ3n) is 4.36. The van der Waals surface area contributed by atoms with Crippen LogP contribution in [-0.2, 0) is 6.54 Å². The van der Waals surface area contributed by atoms with Gasteiger partial charge in [0.15, 0.2) is 0 Å². The van der Waals surface area contributed by atoms with Crippen LogP contribution in [0.1, 0.15) is 31.2 Å². The summed E-state index contributed by atoms with van der Waals surface area (Å²) in [6.07, 6.45) is 4.80. The van der Waals surface area contributed by atoms with E-state index in [1.165, 1.54) is 25.9 Å². The van der Waals surface area contributed by atoms with E-state index in [4.69, 9.17) is 11.6 Å². The molecule has 0 unspecified atom stereocenters. The van der Waals surface area contributed by atoms with Gasteiger partial charge in [0.2, 0.25) is 0 Å². The zero-order valence-electron chi connectivity index (χ0n) is 12.9. The number of carbonyl (C=O) groups excluding carboxylic acids is 1. The number of urea groups is 1. The maximum Gasteiger partial charge on any atom is 0.317 e. The molecule has 3 rings (SSSR count). The standard InChI is InChI=1S/C17H24ClN3O/c18-15-5-3-14(4-6-15)13-21(17(22)19-16-7-8-16)12-11-20-9-1-2-10-20/h3-6,16H,1-2,7-13H2,(H,19,22). The highest BCUT2D eigenvalue weighted by atomic mass is 35.5. The molecule has 1 N–H and O–H groups in total. The average Bonchev–Trinajstić information content (AvgIpc) is 3.17. The molecule has 120 valence electrons. The lowest BCUT2D eigenvalue weighted by Gasteiger charge is -2.26. The zero-order chi connectivity index (χ0) is 15.4. The van der Waals surface area contributed by atoms with Gasteiger partial charge in [-0.25, -0.2) is 4.79 Å². The van der Waals surface area contributed by atoms with Crippen LogP contribution in [0.2, 0.25) is 5.02 Å². The van der Waals surface area contributed by atoms with Crippen LogP contribution in [0.3, 0.4) is 0 Å². The highest BCUT2D eigenvalue weighted by Gasteiger charge is 2.26. The van der Waals surface area contributed by atoms with Gasteiger partial charge in [-0.1, -0.05) is 23.7 Å². The number of likely N-dealkylation sites (tertiary alicyclic amines) is 1. The molecule has 0 atom stereocenters. The zero-order valence-corrected chi connectivity index (χ0v) is 13.7. The van der Waals surface area contributed by atoms with Crippen LogP contribution in [0, 0.1) is 0 Å². The number of hydrogen-bond acceptors (Lipinski definition) is 2. The predicted molar refractivity (Wildman–Crippen MR) is 89.1 cm³/mol. The SMILES string of the molecule is O=C(NC1CC1)N(CCN1CCCC1)Cc1ccc(Cl)cc1. The van der Waals surface area contributed by atoms with Gasteiger partial charge >= 0.3 is 6.03 Å². The minimum atomic E-state index is 0.0663. The topological polar surface area (TPSA) is 35.6 Å². The first-order valence-electron chi connectivity index (χ1n) is 8.23. The monoisotopic (exact) mass is 321 g/mol. The summed E-state index contributed by atoms with van der Waals surface area (Å²) in [6.45, 7) is 4.72. The van der Waals surface area contributed by atoms with E-state index in [0.29, 0.717) is 12.6 Å². The Morgan fingerprint density at radius 2 is 1.91 bits per heavy atom. The fraction of sp³-hybridized carbons (Fsp3) is 0.588. The molecular formula is C17H24ClN3O. The molecule has 1 saturated heterocycles. The Kier molecular flexibility index (Phi) is 5.21. The average molecular weight is 322 g/mol. The van der Waals surface area contributed by atoms with Crippen LogP contribution >= 0.6 is 11.6 Å². The maximum absolute atomic E-state index is 12.4. The molecule has 0 spiro atoms. The quantitative estimate of drug-likeness (QED) is 0.874. The van der Waals surface area contributed by atoms with E-state index in [0.717, 1.165) is 36.5 Å². The van der Waals surface area contributed by atoms with Crippen molar-refractivity contribution in [3.63, 3.8) is 0 Å². The molecule has 0 bridgehead atoms. The predicted octanol–water partition coefficient (Wildman–Crippen LogP) is 3.11. The lowest BCUT2D eigenvalue weighted by Crippen LogP contribution is -2.44. The van der Waals surface area contributed by atoms with Gasteiger partial charge in [-0.15, -0.1) is 0 Å². The molecule has 1 heterocycles. The van der Waals surface area contributed by atoms with Crippen molar-refractivity contribution in [3.8, 4) is 0 Å². The highest BCUT2D eigenvalue weighted by Crippen LogP contribution is 2.19. The summed E-state index contributed by atoms with van der Waals surface area (Å²) in [5.41, 5.74) is 1.12. The first-order chi connectivity index (χ1) is 10.7. The molecule has 4 nitrogen and oxygen atoms in total. The van der Waals surface area contributed by atoms with Crippen LogP contribution in [0.4, 0.5) is 4.79 Å². The molecule has 2 fully saturated rings. The second-order valence-corrected chi connectivity index (χ2v) is 6.76. The summed E-state index contributed by atoms with van der Waals surface area (Å²) < 4.78 is 0. The van der Waals surface area contributed by atoms with Gasteiger partial charge in [0, 0.05) is 30.7 Å². The molecular weight excluding hydrogens is 298 g/mol. The van der Waals surface area contributed by atoms with Gasteiger partial charge in [0.05, 0.1) is 0 Å². The van der Waals surface area contributed by atoms with E-state index in [1.807, 2.05) is 29.2 Å².